The summed E-state index contributed by atoms with van der Waals surface area (Å²) in [5, 5.41) is 0. The lowest BCUT2D eigenvalue weighted by atomic mass is 10.0. The molecule has 0 amide bonds. The fourth-order valence-electron chi connectivity index (χ4n) is 1.50. The largest absolute Gasteiger partial charge is 0.772 e. The second-order valence-electron chi connectivity index (χ2n) is 4.45. The highest BCUT2D eigenvalue weighted by molar-refractivity contribution is 7.79. The lowest BCUT2D eigenvalue weighted by molar-refractivity contribution is -0.157. The van der Waals surface area contributed by atoms with Gasteiger partial charge in [0.1, 0.15) is 5.60 Å². The van der Waals surface area contributed by atoms with Crippen molar-refractivity contribution in [1.29, 1.82) is 0 Å². The fraction of sp³-hybridized carbons (Fsp3) is 0.909. The van der Waals surface area contributed by atoms with Crippen molar-refractivity contribution in [3.8, 4) is 0 Å². The van der Waals surface area contributed by atoms with Crippen molar-refractivity contribution in [2.24, 2.45) is 0 Å². The van der Waals surface area contributed by atoms with E-state index in [-0.39, 0.29) is 11.7 Å². The number of ether oxygens (including phenoxy) is 1. The molecule has 0 fully saturated rings. The Balaban J connectivity index is 3.69. The van der Waals surface area contributed by atoms with Crippen LogP contribution in [0.3, 0.4) is 0 Å². The zero-order valence-corrected chi connectivity index (χ0v) is 11.1. The maximum Gasteiger partial charge on any atom is 0.306 e. The van der Waals surface area contributed by atoms with Crippen LogP contribution in [0.1, 0.15) is 52.9 Å². The third kappa shape index (κ3) is 8.85. The molecule has 0 saturated heterocycles. The molecule has 0 bridgehead atoms. The van der Waals surface area contributed by atoms with Gasteiger partial charge in [-0.05, 0) is 33.1 Å². The van der Waals surface area contributed by atoms with Crippen LogP contribution in [-0.4, -0.2) is 26.1 Å². The summed E-state index contributed by atoms with van der Waals surface area (Å²) >= 11 is -2.00. The predicted octanol–water partition coefficient (Wildman–Crippen LogP) is 2.16. The van der Waals surface area contributed by atoms with Gasteiger partial charge < -0.3 is 9.29 Å². The van der Waals surface area contributed by atoms with E-state index >= 15 is 0 Å². The number of hydrogen-bond donors (Lipinski definition) is 0. The summed E-state index contributed by atoms with van der Waals surface area (Å²) in [6.45, 7) is 5.82. The quantitative estimate of drug-likeness (QED) is 0.375. The van der Waals surface area contributed by atoms with E-state index in [9.17, 15) is 13.6 Å². The SMILES string of the molecule is CCCC(C)(C)OC(=O)CCCCS(=O)[O-]. The minimum Gasteiger partial charge on any atom is -0.772 e. The standard InChI is InChI=1S/C11H22O4S/c1-4-8-11(2,3)15-10(12)7-5-6-9-16(13)14/h4-9H2,1-3H3,(H,13,14)/p-1. The van der Waals surface area contributed by atoms with E-state index in [1.807, 2.05) is 20.8 Å². The van der Waals surface area contributed by atoms with Gasteiger partial charge in [-0.1, -0.05) is 24.4 Å². The van der Waals surface area contributed by atoms with Crippen LogP contribution in [0.15, 0.2) is 0 Å². The topological polar surface area (TPSA) is 66.4 Å². The molecule has 0 aliphatic carbocycles. The van der Waals surface area contributed by atoms with Crippen molar-refractivity contribution in [2.75, 3.05) is 5.75 Å². The van der Waals surface area contributed by atoms with E-state index < -0.39 is 16.7 Å². The van der Waals surface area contributed by atoms with Gasteiger partial charge in [-0.25, -0.2) is 0 Å². The number of carbonyl (C=O) groups is 1. The highest BCUT2D eigenvalue weighted by Crippen LogP contribution is 2.17. The second kappa shape index (κ2) is 7.79. The molecule has 0 rings (SSSR count). The molecule has 1 atom stereocenters. The van der Waals surface area contributed by atoms with Gasteiger partial charge in [-0.3, -0.25) is 9.00 Å². The average Bonchev–Trinajstić information content (AvgIpc) is 2.11. The van der Waals surface area contributed by atoms with Crippen LogP contribution in [0.4, 0.5) is 0 Å². The molecular weight excluding hydrogens is 228 g/mol. The first-order valence-electron chi connectivity index (χ1n) is 5.65. The van der Waals surface area contributed by atoms with Crippen LogP contribution in [0.25, 0.3) is 0 Å². The van der Waals surface area contributed by atoms with Crippen molar-refractivity contribution in [3.63, 3.8) is 0 Å². The van der Waals surface area contributed by atoms with Gasteiger partial charge in [0.05, 0.1) is 0 Å². The smallest absolute Gasteiger partial charge is 0.306 e. The summed E-state index contributed by atoms with van der Waals surface area (Å²) in [4.78, 5) is 11.4. The Hall–Kier alpha value is -0.420. The average molecular weight is 249 g/mol. The molecule has 0 aliphatic rings. The van der Waals surface area contributed by atoms with Crippen molar-refractivity contribution in [2.45, 2.75) is 58.5 Å². The Bertz CT molecular complexity index is 238. The van der Waals surface area contributed by atoms with Crippen LogP contribution < -0.4 is 0 Å². The van der Waals surface area contributed by atoms with Crippen molar-refractivity contribution >= 4 is 17.0 Å². The molecule has 0 spiro atoms. The highest BCUT2D eigenvalue weighted by Gasteiger charge is 2.21. The first-order chi connectivity index (χ1) is 7.37. The van der Waals surface area contributed by atoms with Crippen LogP contribution >= 0.6 is 0 Å². The number of esters is 1. The summed E-state index contributed by atoms with van der Waals surface area (Å²) in [5.41, 5.74) is -0.410. The minimum absolute atomic E-state index is 0.117. The highest BCUT2D eigenvalue weighted by atomic mass is 32.2. The van der Waals surface area contributed by atoms with E-state index in [0.717, 1.165) is 12.8 Å². The molecule has 0 aromatic carbocycles. The van der Waals surface area contributed by atoms with Crippen molar-refractivity contribution < 1.29 is 18.3 Å². The first-order valence-corrected chi connectivity index (χ1v) is 6.89. The molecule has 5 heteroatoms. The maximum absolute atomic E-state index is 11.4. The van der Waals surface area contributed by atoms with Gasteiger partial charge in [0.2, 0.25) is 0 Å². The zero-order chi connectivity index (χ0) is 12.6. The normalized spacial score (nSPS) is 13.5. The molecule has 0 N–H and O–H groups in total. The molecule has 0 aromatic rings. The summed E-state index contributed by atoms with van der Waals surface area (Å²) in [7, 11) is 0. The molecule has 96 valence electrons. The Morgan fingerprint density at radius 3 is 2.50 bits per heavy atom. The van der Waals surface area contributed by atoms with Gasteiger partial charge in [0.15, 0.2) is 0 Å². The Morgan fingerprint density at radius 1 is 1.38 bits per heavy atom. The van der Waals surface area contributed by atoms with Crippen molar-refractivity contribution in [1.82, 2.24) is 0 Å². The van der Waals surface area contributed by atoms with Gasteiger partial charge in [0.25, 0.3) is 0 Å². The lowest BCUT2D eigenvalue weighted by Gasteiger charge is -2.24. The second-order valence-corrected chi connectivity index (χ2v) is 5.46. The summed E-state index contributed by atoms with van der Waals surface area (Å²) < 4.78 is 25.8. The molecule has 1 unspecified atom stereocenters. The molecule has 0 saturated carbocycles. The third-order valence-corrected chi connectivity index (χ3v) is 2.81. The van der Waals surface area contributed by atoms with Crippen molar-refractivity contribution in [3.05, 3.63) is 0 Å². The number of carbonyl (C=O) groups excluding carboxylic acids is 1. The predicted molar refractivity (Wildman–Crippen MR) is 62.7 cm³/mol. The van der Waals surface area contributed by atoms with Crippen LogP contribution in [-0.2, 0) is 20.6 Å². The third-order valence-electron chi connectivity index (χ3n) is 2.18. The maximum atomic E-state index is 11.4. The summed E-state index contributed by atoms with van der Waals surface area (Å²) in [6, 6.07) is 0. The van der Waals surface area contributed by atoms with Crippen LogP contribution in [0.5, 0.6) is 0 Å². The molecular formula is C11H21O4S-. The van der Waals surface area contributed by atoms with E-state index in [1.54, 1.807) is 0 Å². The molecule has 4 nitrogen and oxygen atoms in total. The summed E-state index contributed by atoms with van der Waals surface area (Å²) in [5.74, 6) is -0.124. The van der Waals surface area contributed by atoms with Gasteiger partial charge in [-0.2, -0.15) is 0 Å². The number of unbranched alkanes of at least 4 members (excludes halogenated alkanes) is 1. The van der Waals surface area contributed by atoms with E-state index in [0.29, 0.717) is 19.3 Å². The van der Waals surface area contributed by atoms with E-state index in [4.69, 9.17) is 4.74 Å². The van der Waals surface area contributed by atoms with Gasteiger partial charge >= 0.3 is 5.97 Å². The lowest BCUT2D eigenvalue weighted by Crippen LogP contribution is -2.27. The Kier molecular flexibility index (Phi) is 7.58. The molecule has 0 aromatic heterocycles. The van der Waals surface area contributed by atoms with E-state index in [1.165, 1.54) is 0 Å². The molecule has 16 heavy (non-hydrogen) atoms. The molecule has 0 radical (unpaired) electrons. The van der Waals surface area contributed by atoms with Gasteiger partial charge in [0, 0.05) is 12.2 Å². The monoisotopic (exact) mass is 249 g/mol. The van der Waals surface area contributed by atoms with Crippen LogP contribution in [0, 0.1) is 0 Å². The van der Waals surface area contributed by atoms with Gasteiger partial charge in [-0.15, -0.1) is 0 Å². The summed E-state index contributed by atoms with van der Waals surface area (Å²) in [6.07, 6.45) is 3.18. The number of rotatable bonds is 8. The van der Waals surface area contributed by atoms with Crippen LogP contribution in [0.2, 0.25) is 0 Å². The zero-order valence-electron chi connectivity index (χ0n) is 10.3. The Labute approximate surface area is 100 Å². The minimum atomic E-state index is -2.00. The van der Waals surface area contributed by atoms with E-state index in [2.05, 4.69) is 0 Å². The molecule has 0 heterocycles. The molecule has 0 aliphatic heterocycles. The fourth-order valence-corrected chi connectivity index (χ4v) is 1.94. The Morgan fingerprint density at radius 2 is 2.00 bits per heavy atom. The number of hydrogen-bond acceptors (Lipinski definition) is 4. The first kappa shape index (κ1) is 15.6.